The number of nitrogens with zero attached hydrogens (tertiary/aromatic N) is 3. The molecule has 2 rings (SSSR count). The lowest BCUT2D eigenvalue weighted by Crippen LogP contribution is -2.22. The van der Waals surface area contributed by atoms with Crippen molar-refractivity contribution in [2.75, 3.05) is 18.8 Å². The number of aromatic nitrogens is 2. The van der Waals surface area contributed by atoms with Gasteiger partial charge in [-0.1, -0.05) is 6.92 Å². The van der Waals surface area contributed by atoms with E-state index in [-0.39, 0.29) is 12.0 Å². The van der Waals surface area contributed by atoms with Crippen LogP contribution in [0, 0.1) is 0 Å². The highest BCUT2D eigenvalue weighted by molar-refractivity contribution is 5.12. The monoisotopic (exact) mass is 182 g/mol. The zero-order valence-electron chi connectivity index (χ0n) is 7.73. The molecule has 5 heteroatoms. The molecule has 1 fully saturated rings. The van der Waals surface area contributed by atoms with E-state index in [9.17, 15) is 0 Å². The quantitative estimate of drug-likeness (QED) is 0.733. The first-order valence-electron chi connectivity index (χ1n) is 4.64. The SMILES string of the molecule is CCN1CCCC1c1nc(N)no1. The summed E-state index contributed by atoms with van der Waals surface area (Å²) >= 11 is 0. The van der Waals surface area contributed by atoms with Gasteiger partial charge in [-0.25, -0.2) is 0 Å². The zero-order chi connectivity index (χ0) is 9.26. The van der Waals surface area contributed by atoms with Crippen LogP contribution < -0.4 is 5.73 Å². The van der Waals surface area contributed by atoms with E-state index in [1.54, 1.807) is 0 Å². The Morgan fingerprint density at radius 3 is 3.15 bits per heavy atom. The molecule has 0 amide bonds. The predicted molar refractivity (Wildman–Crippen MR) is 47.9 cm³/mol. The first kappa shape index (κ1) is 8.50. The second kappa shape index (κ2) is 3.33. The fourth-order valence-electron chi connectivity index (χ4n) is 1.87. The third kappa shape index (κ3) is 1.51. The van der Waals surface area contributed by atoms with E-state index >= 15 is 0 Å². The summed E-state index contributed by atoms with van der Waals surface area (Å²) in [6.07, 6.45) is 2.29. The maximum absolute atomic E-state index is 5.40. The Bertz CT molecular complexity index is 285. The molecule has 1 aromatic heterocycles. The molecule has 1 aromatic rings. The highest BCUT2D eigenvalue weighted by atomic mass is 16.5. The normalized spacial score (nSPS) is 23.9. The van der Waals surface area contributed by atoms with Gasteiger partial charge in [0.1, 0.15) is 0 Å². The van der Waals surface area contributed by atoms with Crippen LogP contribution in [0.25, 0.3) is 0 Å². The molecule has 1 aliphatic heterocycles. The van der Waals surface area contributed by atoms with Crippen molar-refractivity contribution in [3.63, 3.8) is 0 Å². The largest absolute Gasteiger partial charge is 0.365 e. The molecular formula is C8H14N4O. The summed E-state index contributed by atoms with van der Waals surface area (Å²) in [5.41, 5.74) is 5.40. The molecule has 0 radical (unpaired) electrons. The average molecular weight is 182 g/mol. The van der Waals surface area contributed by atoms with Gasteiger partial charge in [0.2, 0.25) is 5.89 Å². The molecule has 2 N–H and O–H groups in total. The minimum atomic E-state index is 0.234. The summed E-state index contributed by atoms with van der Waals surface area (Å²) in [7, 11) is 0. The molecule has 0 aromatic carbocycles. The lowest BCUT2D eigenvalue weighted by molar-refractivity contribution is 0.217. The topological polar surface area (TPSA) is 68.2 Å². The first-order valence-corrected chi connectivity index (χ1v) is 4.64. The van der Waals surface area contributed by atoms with Gasteiger partial charge in [-0.3, -0.25) is 4.90 Å². The summed E-state index contributed by atoms with van der Waals surface area (Å²) in [5.74, 6) is 0.898. The molecule has 5 nitrogen and oxygen atoms in total. The molecule has 13 heavy (non-hydrogen) atoms. The fourth-order valence-corrected chi connectivity index (χ4v) is 1.87. The van der Waals surface area contributed by atoms with Crippen molar-refractivity contribution < 1.29 is 4.52 Å². The van der Waals surface area contributed by atoms with Crippen molar-refractivity contribution in [3.8, 4) is 0 Å². The molecule has 0 bridgehead atoms. The van der Waals surface area contributed by atoms with E-state index in [0.29, 0.717) is 5.89 Å². The number of hydrogen-bond donors (Lipinski definition) is 1. The molecule has 1 saturated heterocycles. The number of rotatable bonds is 2. The van der Waals surface area contributed by atoms with Gasteiger partial charge in [-0.15, -0.1) is 0 Å². The molecule has 0 aliphatic carbocycles. The van der Waals surface area contributed by atoms with Gasteiger partial charge >= 0.3 is 0 Å². The Morgan fingerprint density at radius 1 is 1.69 bits per heavy atom. The van der Waals surface area contributed by atoms with Crippen LogP contribution >= 0.6 is 0 Å². The van der Waals surface area contributed by atoms with Crippen LogP contribution in [0.2, 0.25) is 0 Å². The van der Waals surface area contributed by atoms with Crippen LogP contribution in [0.3, 0.4) is 0 Å². The Labute approximate surface area is 76.9 Å². The summed E-state index contributed by atoms with van der Waals surface area (Å²) in [5, 5.41) is 3.59. The van der Waals surface area contributed by atoms with Gasteiger partial charge in [0.25, 0.3) is 5.95 Å². The van der Waals surface area contributed by atoms with Crippen LogP contribution in [0.4, 0.5) is 5.95 Å². The Morgan fingerprint density at radius 2 is 2.54 bits per heavy atom. The minimum absolute atomic E-state index is 0.234. The number of hydrogen-bond acceptors (Lipinski definition) is 5. The van der Waals surface area contributed by atoms with Crippen molar-refractivity contribution in [2.45, 2.75) is 25.8 Å². The van der Waals surface area contributed by atoms with Gasteiger partial charge in [0, 0.05) is 0 Å². The van der Waals surface area contributed by atoms with Gasteiger partial charge in [-0.05, 0) is 31.1 Å². The van der Waals surface area contributed by atoms with Crippen molar-refractivity contribution in [2.24, 2.45) is 0 Å². The van der Waals surface area contributed by atoms with E-state index in [0.717, 1.165) is 19.5 Å². The van der Waals surface area contributed by atoms with E-state index < -0.39 is 0 Å². The molecular weight excluding hydrogens is 168 g/mol. The second-order valence-corrected chi connectivity index (χ2v) is 3.28. The summed E-state index contributed by atoms with van der Waals surface area (Å²) < 4.78 is 5.05. The summed E-state index contributed by atoms with van der Waals surface area (Å²) in [4.78, 5) is 6.38. The van der Waals surface area contributed by atoms with E-state index in [4.69, 9.17) is 10.3 Å². The van der Waals surface area contributed by atoms with Crippen molar-refractivity contribution in [3.05, 3.63) is 5.89 Å². The van der Waals surface area contributed by atoms with E-state index in [1.165, 1.54) is 6.42 Å². The maximum Gasteiger partial charge on any atom is 0.260 e. The van der Waals surface area contributed by atoms with Crippen LogP contribution in [-0.2, 0) is 0 Å². The van der Waals surface area contributed by atoms with Gasteiger partial charge < -0.3 is 10.3 Å². The van der Waals surface area contributed by atoms with Crippen molar-refractivity contribution in [1.29, 1.82) is 0 Å². The fraction of sp³-hybridized carbons (Fsp3) is 0.750. The summed E-state index contributed by atoms with van der Waals surface area (Å²) in [6, 6.07) is 0.287. The molecule has 72 valence electrons. The van der Waals surface area contributed by atoms with Gasteiger partial charge in [0.15, 0.2) is 0 Å². The average Bonchev–Trinajstić information content (AvgIpc) is 2.71. The number of anilines is 1. The highest BCUT2D eigenvalue weighted by Gasteiger charge is 2.28. The third-order valence-corrected chi connectivity index (χ3v) is 2.51. The molecule has 1 atom stereocenters. The molecule has 2 heterocycles. The van der Waals surface area contributed by atoms with Crippen LogP contribution in [-0.4, -0.2) is 28.1 Å². The maximum atomic E-state index is 5.40. The lowest BCUT2D eigenvalue weighted by atomic mass is 10.2. The Kier molecular flexibility index (Phi) is 2.18. The van der Waals surface area contributed by atoms with Crippen LogP contribution in [0.1, 0.15) is 31.7 Å². The second-order valence-electron chi connectivity index (χ2n) is 3.28. The van der Waals surface area contributed by atoms with Gasteiger partial charge in [-0.2, -0.15) is 4.98 Å². The van der Waals surface area contributed by atoms with Crippen LogP contribution in [0.5, 0.6) is 0 Å². The zero-order valence-corrected chi connectivity index (χ0v) is 7.73. The smallest absolute Gasteiger partial charge is 0.260 e. The summed E-state index contributed by atoms with van der Waals surface area (Å²) in [6.45, 7) is 4.27. The molecule has 1 unspecified atom stereocenters. The number of nitrogens with two attached hydrogens (primary N) is 1. The molecule has 0 saturated carbocycles. The van der Waals surface area contributed by atoms with E-state index in [2.05, 4.69) is 22.0 Å². The Balaban J connectivity index is 2.15. The molecule has 1 aliphatic rings. The van der Waals surface area contributed by atoms with Gasteiger partial charge in [0.05, 0.1) is 6.04 Å². The van der Waals surface area contributed by atoms with Crippen molar-refractivity contribution in [1.82, 2.24) is 15.0 Å². The third-order valence-electron chi connectivity index (χ3n) is 2.51. The Hall–Kier alpha value is -1.10. The minimum Gasteiger partial charge on any atom is -0.365 e. The predicted octanol–water partition coefficient (Wildman–Crippen LogP) is 0.809. The van der Waals surface area contributed by atoms with Crippen molar-refractivity contribution >= 4 is 5.95 Å². The van der Waals surface area contributed by atoms with E-state index in [1.807, 2.05) is 0 Å². The lowest BCUT2D eigenvalue weighted by Gasteiger charge is -2.18. The van der Waals surface area contributed by atoms with Crippen LogP contribution in [0.15, 0.2) is 4.52 Å². The number of likely N-dealkylation sites (tertiary alicyclic amines) is 1. The first-order chi connectivity index (χ1) is 6.31. The standard InChI is InChI=1S/C8H14N4O/c1-2-12-5-3-4-6(12)7-10-8(9)11-13-7/h6H,2-5H2,1H3,(H2,9,11). The molecule has 0 spiro atoms. The number of nitrogen functional groups attached to an aromatic ring is 1. The highest BCUT2D eigenvalue weighted by Crippen LogP contribution is 2.30.